The minimum Gasteiger partial charge on any atom is -0.378 e. The minimum atomic E-state index is -0.885. The molecule has 30 heavy (non-hydrogen) atoms. The van der Waals surface area contributed by atoms with Gasteiger partial charge < -0.3 is 4.90 Å². The van der Waals surface area contributed by atoms with Crippen LogP contribution in [-0.4, -0.2) is 32.5 Å². The molecule has 1 aliphatic rings. The quantitative estimate of drug-likeness (QED) is 0.661. The largest absolute Gasteiger partial charge is 0.378 e. The van der Waals surface area contributed by atoms with Gasteiger partial charge in [-0.2, -0.15) is 0 Å². The molecule has 2 amide bonds. The Morgan fingerprint density at radius 1 is 0.867 bits per heavy atom. The first kappa shape index (κ1) is 19.6. The van der Waals surface area contributed by atoms with Gasteiger partial charge in [0, 0.05) is 25.5 Å². The van der Waals surface area contributed by atoms with Gasteiger partial charge in [-0.25, -0.2) is 4.39 Å². The van der Waals surface area contributed by atoms with E-state index in [4.69, 9.17) is 0 Å². The van der Waals surface area contributed by atoms with Crippen molar-refractivity contribution < 1.29 is 14.0 Å². The second kappa shape index (κ2) is 7.99. The molecule has 152 valence electrons. The highest BCUT2D eigenvalue weighted by Gasteiger charge is 2.42. The number of benzene rings is 3. The van der Waals surface area contributed by atoms with Crippen LogP contribution in [0.4, 0.5) is 21.5 Å². The minimum absolute atomic E-state index is 0.110. The van der Waals surface area contributed by atoms with E-state index in [9.17, 15) is 14.0 Å². The molecular formula is C24H22FN3O2. The number of halogens is 1. The predicted octanol–water partition coefficient (Wildman–Crippen LogP) is 4.01. The molecule has 0 aliphatic carbocycles. The maximum Gasteiger partial charge on any atom is 0.255 e. The number of carbonyl (C=O) groups is 2. The van der Waals surface area contributed by atoms with Crippen LogP contribution in [0.25, 0.3) is 0 Å². The van der Waals surface area contributed by atoms with E-state index >= 15 is 0 Å². The van der Waals surface area contributed by atoms with Crippen molar-refractivity contribution in [2.24, 2.45) is 0 Å². The normalized spacial score (nSPS) is 16.7. The first-order valence-electron chi connectivity index (χ1n) is 9.67. The third kappa shape index (κ3) is 3.52. The van der Waals surface area contributed by atoms with Crippen LogP contribution >= 0.6 is 0 Å². The van der Waals surface area contributed by atoms with Crippen molar-refractivity contribution in [2.45, 2.75) is 6.04 Å². The van der Waals surface area contributed by atoms with Crippen molar-refractivity contribution in [3.8, 4) is 0 Å². The van der Waals surface area contributed by atoms with Crippen molar-refractivity contribution in [3.05, 3.63) is 90.2 Å². The molecule has 0 radical (unpaired) electrons. The van der Waals surface area contributed by atoms with E-state index in [1.54, 1.807) is 24.3 Å². The van der Waals surface area contributed by atoms with E-state index in [1.165, 1.54) is 21.9 Å². The SMILES string of the molecule is CN(C)c1ccc([C@@H]2C(=O)N(c3ccccc3F)CC(=O)N2c2ccccc2)cc1. The average molecular weight is 403 g/mol. The first-order chi connectivity index (χ1) is 14.5. The Kier molecular flexibility index (Phi) is 5.23. The van der Waals surface area contributed by atoms with Crippen molar-refractivity contribution in [3.63, 3.8) is 0 Å². The molecule has 3 aromatic carbocycles. The number of para-hydroxylation sites is 2. The highest BCUT2D eigenvalue weighted by Crippen LogP contribution is 2.35. The van der Waals surface area contributed by atoms with Crippen LogP contribution in [0.5, 0.6) is 0 Å². The van der Waals surface area contributed by atoms with Gasteiger partial charge in [0.2, 0.25) is 5.91 Å². The van der Waals surface area contributed by atoms with E-state index in [2.05, 4.69) is 0 Å². The summed E-state index contributed by atoms with van der Waals surface area (Å²) in [7, 11) is 3.86. The molecule has 0 saturated carbocycles. The molecular weight excluding hydrogens is 381 g/mol. The molecule has 1 atom stereocenters. The van der Waals surface area contributed by atoms with Gasteiger partial charge in [-0.15, -0.1) is 0 Å². The summed E-state index contributed by atoms with van der Waals surface area (Å²) in [6.45, 7) is -0.221. The van der Waals surface area contributed by atoms with E-state index in [-0.39, 0.29) is 24.0 Å². The van der Waals surface area contributed by atoms with Crippen LogP contribution < -0.4 is 14.7 Å². The van der Waals surface area contributed by atoms with Gasteiger partial charge in [-0.1, -0.05) is 42.5 Å². The number of anilines is 3. The van der Waals surface area contributed by atoms with Gasteiger partial charge in [0.05, 0.1) is 5.69 Å². The lowest BCUT2D eigenvalue weighted by atomic mass is 9.99. The maximum absolute atomic E-state index is 14.4. The summed E-state index contributed by atoms with van der Waals surface area (Å²) in [4.78, 5) is 31.5. The van der Waals surface area contributed by atoms with Crippen molar-refractivity contribution >= 4 is 28.9 Å². The summed E-state index contributed by atoms with van der Waals surface area (Å²) >= 11 is 0. The number of nitrogens with zero attached hydrogens (tertiary/aromatic N) is 3. The third-order valence-corrected chi connectivity index (χ3v) is 5.22. The second-order valence-electron chi connectivity index (χ2n) is 7.36. The van der Waals surface area contributed by atoms with Crippen LogP contribution in [0.15, 0.2) is 78.9 Å². The van der Waals surface area contributed by atoms with E-state index < -0.39 is 11.9 Å². The zero-order chi connectivity index (χ0) is 21.3. The average Bonchev–Trinajstić information content (AvgIpc) is 2.76. The Hall–Kier alpha value is -3.67. The fraction of sp³-hybridized carbons (Fsp3) is 0.167. The Labute approximate surface area is 174 Å². The van der Waals surface area contributed by atoms with Crippen molar-refractivity contribution in [2.75, 3.05) is 35.3 Å². The highest BCUT2D eigenvalue weighted by atomic mass is 19.1. The number of rotatable bonds is 4. The fourth-order valence-electron chi connectivity index (χ4n) is 3.69. The lowest BCUT2D eigenvalue weighted by Gasteiger charge is -2.40. The van der Waals surface area contributed by atoms with E-state index in [1.807, 2.05) is 61.5 Å². The molecule has 1 saturated heterocycles. The van der Waals surface area contributed by atoms with E-state index in [0.717, 1.165) is 5.69 Å². The Morgan fingerprint density at radius 2 is 1.50 bits per heavy atom. The Bertz CT molecular complexity index is 1070. The van der Waals surface area contributed by atoms with Crippen LogP contribution in [-0.2, 0) is 9.59 Å². The van der Waals surface area contributed by atoms with Crippen LogP contribution in [0, 0.1) is 5.82 Å². The van der Waals surface area contributed by atoms with Gasteiger partial charge >= 0.3 is 0 Å². The number of carbonyl (C=O) groups excluding carboxylic acids is 2. The molecule has 3 aromatic rings. The Morgan fingerprint density at radius 3 is 2.13 bits per heavy atom. The predicted molar refractivity (Wildman–Crippen MR) is 116 cm³/mol. The fourth-order valence-corrected chi connectivity index (χ4v) is 3.69. The number of hydrogen-bond acceptors (Lipinski definition) is 3. The summed E-state index contributed by atoms with van der Waals surface area (Å²) in [5, 5.41) is 0. The molecule has 5 nitrogen and oxygen atoms in total. The smallest absolute Gasteiger partial charge is 0.255 e. The topological polar surface area (TPSA) is 43.9 Å². The van der Waals surface area contributed by atoms with Crippen LogP contribution in [0.3, 0.4) is 0 Å². The molecule has 0 N–H and O–H groups in total. The zero-order valence-corrected chi connectivity index (χ0v) is 16.8. The van der Waals surface area contributed by atoms with Gasteiger partial charge in [0.25, 0.3) is 5.91 Å². The maximum atomic E-state index is 14.4. The molecule has 0 aromatic heterocycles. The molecule has 1 aliphatic heterocycles. The first-order valence-corrected chi connectivity index (χ1v) is 9.67. The van der Waals surface area contributed by atoms with Gasteiger partial charge in [0.15, 0.2) is 0 Å². The summed E-state index contributed by atoms with van der Waals surface area (Å²) < 4.78 is 14.4. The number of hydrogen-bond donors (Lipinski definition) is 0. The van der Waals surface area contributed by atoms with Gasteiger partial charge in [-0.3, -0.25) is 19.4 Å². The monoisotopic (exact) mass is 403 g/mol. The van der Waals surface area contributed by atoms with Crippen molar-refractivity contribution in [1.29, 1.82) is 0 Å². The van der Waals surface area contributed by atoms with Crippen LogP contribution in [0.2, 0.25) is 0 Å². The summed E-state index contributed by atoms with van der Waals surface area (Å²) in [6, 6.07) is 21.7. The Balaban J connectivity index is 1.81. The van der Waals surface area contributed by atoms with Gasteiger partial charge in [0.1, 0.15) is 18.4 Å². The number of amides is 2. The highest BCUT2D eigenvalue weighted by molar-refractivity contribution is 6.14. The molecule has 4 rings (SSSR count). The van der Waals surface area contributed by atoms with Crippen molar-refractivity contribution in [1.82, 2.24) is 0 Å². The molecule has 6 heteroatoms. The molecule has 1 fully saturated rings. The summed E-state index contributed by atoms with van der Waals surface area (Å²) in [5.41, 5.74) is 2.39. The molecule has 1 heterocycles. The lowest BCUT2D eigenvalue weighted by Crippen LogP contribution is -2.56. The second-order valence-corrected chi connectivity index (χ2v) is 7.36. The molecule has 0 unspecified atom stereocenters. The van der Waals surface area contributed by atoms with Crippen LogP contribution in [0.1, 0.15) is 11.6 Å². The summed E-state index contributed by atoms with van der Waals surface area (Å²) in [6.07, 6.45) is 0. The van der Waals surface area contributed by atoms with Gasteiger partial charge in [-0.05, 0) is 42.0 Å². The number of piperazine rings is 1. The molecule has 0 bridgehead atoms. The molecule has 0 spiro atoms. The standard InChI is InChI=1S/C24H22FN3O2/c1-26(2)18-14-12-17(13-15-18)23-24(30)27(21-11-7-6-10-20(21)25)16-22(29)28(23)19-8-4-3-5-9-19/h3-15,23H,16H2,1-2H3/t23-/m1/s1. The lowest BCUT2D eigenvalue weighted by molar-refractivity contribution is -0.128. The summed E-state index contributed by atoms with van der Waals surface area (Å²) in [5.74, 6) is -1.15. The zero-order valence-electron chi connectivity index (χ0n) is 16.8. The van der Waals surface area contributed by atoms with E-state index in [0.29, 0.717) is 11.3 Å². The third-order valence-electron chi connectivity index (χ3n) is 5.22.